The molecule has 2 N–H and O–H groups in total. The van der Waals surface area contributed by atoms with Crippen LogP contribution in [0.15, 0.2) is 48.5 Å². The van der Waals surface area contributed by atoms with Crippen LogP contribution in [0.25, 0.3) is 0 Å². The van der Waals surface area contributed by atoms with Crippen LogP contribution < -0.4 is 9.47 Å². The van der Waals surface area contributed by atoms with Crippen LogP contribution in [0.2, 0.25) is 0 Å². The molecular weight excluding hydrogens is 368 g/mol. The van der Waals surface area contributed by atoms with Crippen LogP contribution in [-0.2, 0) is 9.47 Å². The Kier molecular flexibility index (Phi) is 8.77. The average Bonchev–Trinajstić information content (AvgIpc) is 2.69. The first-order valence-corrected chi connectivity index (χ1v) is 8.65. The second-order valence-corrected chi connectivity index (χ2v) is 5.52. The summed E-state index contributed by atoms with van der Waals surface area (Å²) in [7, 11) is 0. The van der Waals surface area contributed by atoms with Gasteiger partial charge in [0, 0.05) is 0 Å². The van der Waals surface area contributed by atoms with Crippen molar-refractivity contribution < 1.29 is 38.7 Å². The van der Waals surface area contributed by atoms with Gasteiger partial charge in [0.25, 0.3) is 0 Å². The van der Waals surface area contributed by atoms with Gasteiger partial charge in [0.05, 0.1) is 26.4 Å². The first-order chi connectivity index (χ1) is 13.6. The van der Waals surface area contributed by atoms with Crippen LogP contribution in [0.3, 0.4) is 0 Å². The maximum Gasteiger partial charge on any atom is 0.339 e. The molecule has 0 unspecified atom stereocenters. The van der Waals surface area contributed by atoms with Crippen LogP contribution in [0, 0.1) is 0 Å². The van der Waals surface area contributed by atoms with Crippen molar-refractivity contribution in [2.45, 2.75) is 0 Å². The van der Waals surface area contributed by atoms with Crippen molar-refractivity contribution in [3.05, 3.63) is 59.7 Å². The maximum atomic E-state index is 11.1. The molecule has 0 radical (unpaired) electrons. The number of ether oxygens (including phenoxy) is 4. The molecule has 0 aliphatic rings. The maximum absolute atomic E-state index is 11.1. The van der Waals surface area contributed by atoms with Gasteiger partial charge in [-0.2, -0.15) is 0 Å². The van der Waals surface area contributed by atoms with Crippen molar-refractivity contribution in [2.75, 3.05) is 39.6 Å². The van der Waals surface area contributed by atoms with Crippen LogP contribution in [0.4, 0.5) is 0 Å². The average molecular weight is 390 g/mol. The van der Waals surface area contributed by atoms with Gasteiger partial charge in [0.1, 0.15) is 35.8 Å². The number of hydrogen-bond acceptors (Lipinski definition) is 6. The summed E-state index contributed by atoms with van der Waals surface area (Å²) >= 11 is 0. The fourth-order valence-electron chi connectivity index (χ4n) is 2.28. The molecule has 0 atom stereocenters. The minimum absolute atomic E-state index is 0.107. The predicted molar refractivity (Wildman–Crippen MR) is 99.4 cm³/mol. The zero-order valence-electron chi connectivity index (χ0n) is 15.2. The minimum Gasteiger partial charge on any atom is -0.490 e. The van der Waals surface area contributed by atoms with Gasteiger partial charge in [-0.1, -0.05) is 24.3 Å². The standard InChI is InChI=1S/C20H22O8/c21-19(22)15-5-1-3-7-17(15)27-13-11-25-9-10-26-12-14-28-18-8-4-2-6-16(18)20(23)24/h1-8H,9-14H2,(H,21,22)(H,23,24). The van der Waals surface area contributed by atoms with E-state index < -0.39 is 11.9 Å². The molecule has 0 aliphatic carbocycles. The molecule has 2 rings (SSSR count). The van der Waals surface area contributed by atoms with E-state index in [9.17, 15) is 9.59 Å². The summed E-state index contributed by atoms with van der Waals surface area (Å²) in [5, 5.41) is 18.1. The second kappa shape index (κ2) is 11.6. The highest BCUT2D eigenvalue weighted by atomic mass is 16.6. The third-order valence-electron chi connectivity index (χ3n) is 3.58. The number of benzene rings is 2. The predicted octanol–water partition coefficient (Wildman–Crippen LogP) is 2.57. The lowest BCUT2D eigenvalue weighted by Crippen LogP contribution is -2.14. The SMILES string of the molecule is O=C(O)c1ccccc1OCCOCCOCCOc1ccccc1C(=O)O. The van der Waals surface area contributed by atoms with Crippen LogP contribution in [0.5, 0.6) is 11.5 Å². The van der Waals surface area contributed by atoms with Gasteiger partial charge >= 0.3 is 11.9 Å². The lowest BCUT2D eigenvalue weighted by Gasteiger charge is -2.10. The Hall–Kier alpha value is -3.10. The zero-order valence-corrected chi connectivity index (χ0v) is 15.2. The molecule has 8 nitrogen and oxygen atoms in total. The highest BCUT2D eigenvalue weighted by Crippen LogP contribution is 2.18. The number of aromatic carboxylic acids is 2. The van der Waals surface area contributed by atoms with Crippen molar-refractivity contribution in [1.82, 2.24) is 0 Å². The molecule has 2 aromatic carbocycles. The monoisotopic (exact) mass is 390 g/mol. The number of carboxylic acids is 2. The molecule has 0 bridgehead atoms. The molecular formula is C20H22O8. The van der Waals surface area contributed by atoms with E-state index in [-0.39, 0.29) is 24.3 Å². The lowest BCUT2D eigenvalue weighted by atomic mass is 10.2. The molecule has 0 heterocycles. The molecule has 0 aliphatic heterocycles. The largest absolute Gasteiger partial charge is 0.490 e. The highest BCUT2D eigenvalue weighted by Gasteiger charge is 2.10. The molecule has 0 saturated heterocycles. The van der Waals surface area contributed by atoms with Gasteiger partial charge in [0.15, 0.2) is 0 Å². The van der Waals surface area contributed by atoms with E-state index in [2.05, 4.69) is 0 Å². The van der Waals surface area contributed by atoms with Crippen LogP contribution in [0.1, 0.15) is 20.7 Å². The number of carboxylic acid groups (broad SMARTS) is 2. The minimum atomic E-state index is -1.04. The van der Waals surface area contributed by atoms with Gasteiger partial charge in [-0.25, -0.2) is 9.59 Å². The summed E-state index contributed by atoms with van der Waals surface area (Å²) in [6, 6.07) is 12.8. The van der Waals surface area contributed by atoms with E-state index in [1.54, 1.807) is 36.4 Å². The van der Waals surface area contributed by atoms with Crippen molar-refractivity contribution in [3.63, 3.8) is 0 Å². The molecule has 0 fully saturated rings. The third-order valence-corrected chi connectivity index (χ3v) is 3.58. The van der Waals surface area contributed by atoms with Gasteiger partial charge < -0.3 is 29.2 Å². The van der Waals surface area contributed by atoms with E-state index >= 15 is 0 Å². The topological polar surface area (TPSA) is 112 Å². The van der Waals surface area contributed by atoms with Gasteiger partial charge in [-0.3, -0.25) is 0 Å². The molecule has 8 heteroatoms. The summed E-state index contributed by atoms with van der Waals surface area (Å²) in [5.41, 5.74) is 0.214. The van der Waals surface area contributed by atoms with Crippen LogP contribution >= 0.6 is 0 Å². The molecule has 150 valence electrons. The molecule has 0 aromatic heterocycles. The Morgan fingerprint density at radius 3 is 1.36 bits per heavy atom. The smallest absolute Gasteiger partial charge is 0.339 e. The first-order valence-electron chi connectivity index (χ1n) is 8.65. The molecule has 0 spiro atoms. The molecule has 0 saturated carbocycles. The summed E-state index contributed by atoms with van der Waals surface area (Å²) in [4.78, 5) is 22.1. The van der Waals surface area contributed by atoms with Gasteiger partial charge in [-0.15, -0.1) is 0 Å². The Bertz CT molecular complexity index is 709. The van der Waals surface area contributed by atoms with E-state index in [1.807, 2.05) is 0 Å². The summed E-state index contributed by atoms with van der Waals surface area (Å²) in [6.45, 7) is 1.71. The van der Waals surface area contributed by atoms with Crippen molar-refractivity contribution in [1.29, 1.82) is 0 Å². The summed E-state index contributed by atoms with van der Waals surface area (Å²) < 4.78 is 21.5. The summed E-state index contributed by atoms with van der Waals surface area (Å²) in [6.07, 6.45) is 0. The van der Waals surface area contributed by atoms with E-state index in [1.165, 1.54) is 12.1 Å². The van der Waals surface area contributed by atoms with Crippen molar-refractivity contribution >= 4 is 11.9 Å². The van der Waals surface area contributed by atoms with Crippen molar-refractivity contribution in [3.8, 4) is 11.5 Å². The number of para-hydroxylation sites is 2. The Morgan fingerprint density at radius 2 is 0.964 bits per heavy atom. The number of hydrogen-bond donors (Lipinski definition) is 2. The fraction of sp³-hybridized carbons (Fsp3) is 0.300. The Morgan fingerprint density at radius 1 is 0.607 bits per heavy atom. The van der Waals surface area contributed by atoms with Gasteiger partial charge in [0.2, 0.25) is 0 Å². The zero-order chi connectivity index (χ0) is 20.2. The highest BCUT2D eigenvalue weighted by molar-refractivity contribution is 5.91. The Balaban J connectivity index is 1.53. The third kappa shape index (κ3) is 6.90. The lowest BCUT2D eigenvalue weighted by molar-refractivity contribution is 0.0269. The quantitative estimate of drug-likeness (QED) is 0.502. The van der Waals surface area contributed by atoms with Crippen molar-refractivity contribution in [2.24, 2.45) is 0 Å². The molecule has 2 aromatic rings. The number of rotatable bonds is 13. The van der Waals surface area contributed by atoms with Gasteiger partial charge in [-0.05, 0) is 24.3 Å². The molecule has 28 heavy (non-hydrogen) atoms. The molecule has 0 amide bonds. The van der Waals surface area contributed by atoms with E-state index in [4.69, 9.17) is 29.2 Å². The van der Waals surface area contributed by atoms with Crippen LogP contribution in [-0.4, -0.2) is 61.8 Å². The fourth-order valence-corrected chi connectivity index (χ4v) is 2.28. The normalized spacial score (nSPS) is 10.4. The summed E-state index contributed by atoms with van der Waals surface area (Å²) in [5.74, 6) is -1.49. The van der Waals surface area contributed by atoms with E-state index in [0.717, 1.165) is 0 Å². The first kappa shape index (κ1) is 21.2. The Labute approximate surface area is 162 Å². The van der Waals surface area contributed by atoms with E-state index in [0.29, 0.717) is 37.9 Å². The number of carbonyl (C=O) groups is 2. The second-order valence-electron chi connectivity index (χ2n) is 5.52.